The van der Waals surface area contributed by atoms with Crippen LogP contribution >= 0.6 is 11.6 Å². The molecule has 9 nitrogen and oxygen atoms in total. The number of rotatable bonds is 14. The van der Waals surface area contributed by atoms with E-state index in [0.29, 0.717) is 29.4 Å². The summed E-state index contributed by atoms with van der Waals surface area (Å²) in [5.41, 5.74) is 0.921. The summed E-state index contributed by atoms with van der Waals surface area (Å²) >= 11 is 6.87. The van der Waals surface area contributed by atoms with Crippen LogP contribution in [0.4, 0.5) is 0 Å². The second kappa shape index (κ2) is 14.0. The van der Waals surface area contributed by atoms with Gasteiger partial charge in [-0.1, -0.05) is 55.5 Å². The van der Waals surface area contributed by atoms with E-state index in [9.17, 15) is 14.7 Å². The molecule has 0 amide bonds. The molecule has 4 aromatic rings. The van der Waals surface area contributed by atoms with Crippen molar-refractivity contribution in [2.24, 2.45) is 0 Å². The first kappa shape index (κ1) is 31.9. The van der Waals surface area contributed by atoms with Crippen molar-refractivity contribution < 1.29 is 33.6 Å². The quantitative estimate of drug-likeness (QED) is 0.120. The van der Waals surface area contributed by atoms with Gasteiger partial charge in [-0.15, -0.1) is 0 Å². The molecule has 0 saturated heterocycles. The van der Waals surface area contributed by atoms with Gasteiger partial charge in [0.1, 0.15) is 37.0 Å². The Morgan fingerprint density at radius 2 is 1.47 bits per heavy atom. The van der Waals surface area contributed by atoms with Crippen LogP contribution in [0, 0.1) is 0 Å². The van der Waals surface area contributed by atoms with Crippen LogP contribution in [0.1, 0.15) is 21.5 Å². The summed E-state index contributed by atoms with van der Waals surface area (Å²) in [6, 6.07) is 17.3. The van der Waals surface area contributed by atoms with E-state index in [2.05, 4.69) is 19.6 Å². The van der Waals surface area contributed by atoms with Crippen LogP contribution in [0.15, 0.2) is 65.6 Å². The van der Waals surface area contributed by atoms with Crippen LogP contribution in [0.5, 0.6) is 23.0 Å². The molecule has 4 rings (SSSR count). The Kier molecular flexibility index (Phi) is 10.4. The van der Waals surface area contributed by atoms with Crippen molar-refractivity contribution in [2.75, 3.05) is 20.8 Å². The Bertz CT molecular complexity index is 1630. The van der Waals surface area contributed by atoms with E-state index in [1.165, 1.54) is 6.20 Å². The summed E-state index contributed by atoms with van der Waals surface area (Å²) in [5.74, 6) is 0.474. The molecular weight excluding hydrogens is 590 g/mol. The van der Waals surface area contributed by atoms with Gasteiger partial charge in [0.05, 0.1) is 30.1 Å². The van der Waals surface area contributed by atoms with E-state index in [1.807, 2.05) is 48.5 Å². The van der Waals surface area contributed by atoms with Crippen molar-refractivity contribution >= 4 is 36.5 Å². The van der Waals surface area contributed by atoms with Crippen molar-refractivity contribution in [2.45, 2.75) is 45.6 Å². The third-order valence-corrected chi connectivity index (χ3v) is 8.85. The third kappa shape index (κ3) is 8.10. The van der Waals surface area contributed by atoms with E-state index >= 15 is 0 Å². The maximum Gasteiger partial charge on any atom is 0.341 e. The molecule has 0 aliphatic rings. The number of hydrogen-bond acceptors (Lipinski definition) is 7. The van der Waals surface area contributed by atoms with Gasteiger partial charge in [-0.25, -0.2) is 4.79 Å². The van der Waals surface area contributed by atoms with E-state index in [4.69, 9.17) is 35.3 Å². The van der Waals surface area contributed by atoms with Gasteiger partial charge in [-0.05, 0) is 41.4 Å². The molecule has 1 N–H and O–H groups in total. The average molecular weight is 626 g/mol. The minimum Gasteiger partial charge on any atom is -0.497 e. The topological polar surface area (TPSA) is 105 Å². The van der Waals surface area contributed by atoms with Gasteiger partial charge in [-0.3, -0.25) is 4.79 Å². The number of methoxy groups -OCH3 is 2. The van der Waals surface area contributed by atoms with Crippen molar-refractivity contribution in [1.82, 2.24) is 4.57 Å². The van der Waals surface area contributed by atoms with Gasteiger partial charge in [0.25, 0.3) is 0 Å². The fourth-order valence-corrected chi connectivity index (χ4v) is 5.35. The van der Waals surface area contributed by atoms with Crippen LogP contribution in [-0.4, -0.2) is 44.5 Å². The molecule has 0 bridgehead atoms. The average Bonchev–Trinajstić information content (AvgIpc) is 2.98. The maximum absolute atomic E-state index is 13.4. The smallest absolute Gasteiger partial charge is 0.341 e. The normalized spacial score (nSPS) is 11.4. The Labute approximate surface area is 256 Å². The summed E-state index contributed by atoms with van der Waals surface area (Å²) in [4.78, 5) is 25.5. The van der Waals surface area contributed by atoms with Gasteiger partial charge in [0.15, 0.2) is 11.5 Å². The van der Waals surface area contributed by atoms with Gasteiger partial charge >= 0.3 is 5.97 Å². The minimum atomic E-state index is -1.36. The predicted molar refractivity (Wildman–Crippen MR) is 169 cm³/mol. The molecule has 1 heterocycles. The van der Waals surface area contributed by atoms with Gasteiger partial charge in [0.2, 0.25) is 5.43 Å². The third-order valence-electron chi connectivity index (χ3n) is 6.79. The zero-order valence-electron chi connectivity index (χ0n) is 24.9. The lowest BCUT2D eigenvalue weighted by atomic mass is 10.1. The molecule has 228 valence electrons. The second-order valence-electron chi connectivity index (χ2n) is 11.2. The Morgan fingerprint density at radius 1 is 0.907 bits per heavy atom. The zero-order valence-corrected chi connectivity index (χ0v) is 26.7. The molecule has 1 aromatic heterocycles. The molecule has 0 radical (unpaired) electrons. The number of fused-ring (bicyclic) bond motifs is 1. The number of halogens is 1. The summed E-state index contributed by atoms with van der Waals surface area (Å²) in [5, 5.41) is 9.79. The number of aromatic carboxylic acids is 1. The number of pyridine rings is 1. The van der Waals surface area contributed by atoms with Crippen LogP contribution in [0.2, 0.25) is 30.7 Å². The van der Waals surface area contributed by atoms with E-state index in [0.717, 1.165) is 17.2 Å². The van der Waals surface area contributed by atoms with Crippen molar-refractivity contribution in [3.05, 3.63) is 92.7 Å². The highest BCUT2D eigenvalue weighted by Crippen LogP contribution is 2.41. The minimum absolute atomic E-state index is 0.0110. The zero-order chi connectivity index (χ0) is 31.1. The number of carboxylic acid groups (broad SMARTS) is 1. The van der Waals surface area contributed by atoms with Crippen molar-refractivity contribution in [3.63, 3.8) is 0 Å². The van der Waals surface area contributed by atoms with Crippen LogP contribution in [0.25, 0.3) is 10.9 Å². The second-order valence-corrected chi connectivity index (χ2v) is 17.2. The first-order valence-corrected chi connectivity index (χ1v) is 17.8. The highest BCUT2D eigenvalue weighted by molar-refractivity contribution is 6.76. The number of aromatic nitrogens is 1. The molecule has 0 saturated carbocycles. The van der Waals surface area contributed by atoms with Gasteiger partial charge in [-0.2, -0.15) is 0 Å². The molecule has 0 spiro atoms. The molecule has 0 aliphatic carbocycles. The Hall–Kier alpha value is -3.99. The number of benzene rings is 3. The molecule has 3 aromatic carbocycles. The first-order chi connectivity index (χ1) is 20.5. The van der Waals surface area contributed by atoms with Crippen molar-refractivity contribution in [1.29, 1.82) is 0 Å². The largest absolute Gasteiger partial charge is 0.497 e. The fourth-order valence-electron chi connectivity index (χ4n) is 4.26. The van der Waals surface area contributed by atoms with E-state index in [-0.39, 0.29) is 36.1 Å². The van der Waals surface area contributed by atoms with Gasteiger partial charge < -0.3 is 33.4 Å². The molecule has 0 aliphatic heterocycles. The summed E-state index contributed by atoms with van der Waals surface area (Å²) < 4.78 is 30.3. The number of hydrogen-bond donors (Lipinski definition) is 1. The number of ether oxygens (including phenoxy) is 5. The lowest BCUT2D eigenvalue weighted by molar-refractivity contribution is 0.0690. The van der Waals surface area contributed by atoms with E-state index in [1.54, 1.807) is 24.9 Å². The summed E-state index contributed by atoms with van der Waals surface area (Å²) in [7, 11) is 1.83. The number of nitrogens with zero attached hydrogens (tertiary/aromatic N) is 1. The number of carboxylic acids is 1. The first-order valence-electron chi connectivity index (χ1n) is 13.7. The van der Waals surface area contributed by atoms with E-state index < -0.39 is 25.0 Å². The van der Waals surface area contributed by atoms with Crippen LogP contribution < -0.4 is 24.4 Å². The molecular formula is C32H36ClNO8Si. The SMILES string of the molecule is COc1ccc(COc2cc3c(c(Cl)c2OCc2ccc(OC)cc2)c(=O)c(C(=O)O)cn3COCC[Si](C)(C)C)cc1. The molecule has 11 heteroatoms. The summed E-state index contributed by atoms with van der Waals surface area (Å²) in [6.45, 7) is 7.55. The maximum atomic E-state index is 13.4. The molecule has 43 heavy (non-hydrogen) atoms. The van der Waals surface area contributed by atoms with Crippen molar-refractivity contribution in [3.8, 4) is 23.0 Å². The Morgan fingerprint density at radius 3 is 1.98 bits per heavy atom. The molecule has 0 atom stereocenters. The number of carbonyl (C=O) groups is 1. The standard InChI is InChI=1S/C32H36ClNO8Si/c1-38-23-10-6-21(7-11-23)18-41-27-16-26-28(29(33)31(27)42-19-22-8-12-24(39-2)13-9-22)30(35)25(32(36)37)17-34(26)20-40-14-15-43(3,4)5/h6-13,16-17H,14-15,18-20H2,1-5H3,(H,36,37). The van der Waals surface area contributed by atoms with Crippen LogP contribution in [-0.2, 0) is 24.7 Å². The Balaban J connectivity index is 1.77. The lowest BCUT2D eigenvalue weighted by Crippen LogP contribution is -2.23. The van der Waals surface area contributed by atoms with Gasteiger partial charge in [0, 0.05) is 26.9 Å². The van der Waals surface area contributed by atoms with Crippen LogP contribution in [0.3, 0.4) is 0 Å². The fraction of sp³-hybridized carbons (Fsp3) is 0.312. The highest BCUT2D eigenvalue weighted by Gasteiger charge is 2.23. The monoisotopic (exact) mass is 625 g/mol. The summed E-state index contributed by atoms with van der Waals surface area (Å²) in [6.07, 6.45) is 1.28. The predicted octanol–water partition coefficient (Wildman–Crippen LogP) is 6.84. The lowest BCUT2D eigenvalue weighted by Gasteiger charge is -2.20. The molecule has 0 unspecified atom stereocenters. The molecule has 0 fully saturated rings. The highest BCUT2D eigenvalue weighted by atomic mass is 35.5.